The lowest BCUT2D eigenvalue weighted by molar-refractivity contribution is -0.157. The number of ketones is 1. The molecule has 1 fully saturated rings. The zero-order chi connectivity index (χ0) is 23.1. The van der Waals surface area contributed by atoms with Crippen molar-refractivity contribution in [3.05, 3.63) is 59.0 Å². The Morgan fingerprint density at radius 2 is 1.97 bits per heavy atom. The highest BCUT2D eigenvalue weighted by Gasteiger charge is 2.47. The lowest BCUT2D eigenvalue weighted by Crippen LogP contribution is -2.55. The Hall–Kier alpha value is -3.13. The molecule has 3 rings (SSSR count). The van der Waals surface area contributed by atoms with Gasteiger partial charge in [-0.15, -0.1) is 0 Å². The van der Waals surface area contributed by atoms with Gasteiger partial charge in [-0.2, -0.15) is 0 Å². The number of hydrogen-bond donors (Lipinski definition) is 1. The molecule has 2 amide bonds. The summed E-state index contributed by atoms with van der Waals surface area (Å²) in [6.07, 6.45) is 3.58. The second-order valence-corrected chi connectivity index (χ2v) is 7.97. The van der Waals surface area contributed by atoms with Crippen LogP contribution >= 0.6 is 11.6 Å². The second-order valence-electron chi connectivity index (χ2n) is 7.57. The molecule has 32 heavy (non-hydrogen) atoms. The summed E-state index contributed by atoms with van der Waals surface area (Å²) in [5.41, 5.74) is -0.605. The van der Waals surface area contributed by atoms with Crippen LogP contribution in [0, 0.1) is 0 Å². The average Bonchev–Trinajstić information content (AvgIpc) is 3.33. The zero-order valence-electron chi connectivity index (χ0n) is 17.8. The predicted octanol–water partition coefficient (Wildman–Crippen LogP) is 3.09. The van der Waals surface area contributed by atoms with E-state index in [2.05, 4.69) is 5.32 Å². The first kappa shape index (κ1) is 23.5. The van der Waals surface area contributed by atoms with Crippen LogP contribution in [0.1, 0.15) is 48.2 Å². The summed E-state index contributed by atoms with van der Waals surface area (Å²) in [6.45, 7) is -0.481. The van der Waals surface area contributed by atoms with Crippen molar-refractivity contribution in [3.63, 3.8) is 0 Å². The summed E-state index contributed by atoms with van der Waals surface area (Å²) in [7, 11) is 1.53. The van der Waals surface area contributed by atoms with E-state index in [1.165, 1.54) is 24.3 Å². The Balaban J connectivity index is 1.59. The van der Waals surface area contributed by atoms with E-state index in [0.717, 1.165) is 12.8 Å². The van der Waals surface area contributed by atoms with Gasteiger partial charge >= 0.3 is 5.97 Å². The van der Waals surface area contributed by atoms with E-state index in [0.29, 0.717) is 23.4 Å². The molecule has 0 aliphatic heterocycles. The molecule has 1 aliphatic carbocycles. The van der Waals surface area contributed by atoms with Crippen LogP contribution in [0.5, 0.6) is 0 Å². The standard InChI is InChI=1S/C23H25ClN2O6/c1-26(23(12-5-4-10-19(23)27)16-7-2-3-8-17(16)24)20(28)15-32-21(29)11-13-25-22(30)18-9-6-14-31-18/h2-3,6-9,14H,4-5,10-13,15H2,1H3,(H,25,30). The van der Waals surface area contributed by atoms with Gasteiger partial charge in [-0.3, -0.25) is 19.2 Å². The molecule has 0 saturated heterocycles. The Labute approximate surface area is 190 Å². The summed E-state index contributed by atoms with van der Waals surface area (Å²) in [6, 6.07) is 10.1. The molecule has 1 atom stereocenters. The Kier molecular flexibility index (Phi) is 7.69. The van der Waals surface area contributed by atoms with E-state index in [1.54, 1.807) is 30.3 Å². The van der Waals surface area contributed by atoms with Gasteiger partial charge in [0.1, 0.15) is 5.54 Å². The average molecular weight is 461 g/mol. The predicted molar refractivity (Wildman–Crippen MR) is 116 cm³/mol. The van der Waals surface area contributed by atoms with Gasteiger partial charge in [0.25, 0.3) is 11.8 Å². The molecule has 1 unspecified atom stereocenters. The highest BCUT2D eigenvalue weighted by molar-refractivity contribution is 6.31. The third-order valence-electron chi connectivity index (χ3n) is 5.64. The summed E-state index contributed by atoms with van der Waals surface area (Å²) in [4.78, 5) is 51.1. The van der Waals surface area contributed by atoms with Crippen molar-refractivity contribution in [1.82, 2.24) is 10.2 Å². The van der Waals surface area contributed by atoms with Crippen molar-refractivity contribution in [2.75, 3.05) is 20.2 Å². The van der Waals surface area contributed by atoms with E-state index in [4.69, 9.17) is 20.8 Å². The number of benzene rings is 1. The van der Waals surface area contributed by atoms with E-state index < -0.39 is 29.9 Å². The fraction of sp³-hybridized carbons (Fsp3) is 0.391. The number of likely N-dealkylation sites (N-methyl/N-ethyl adjacent to an activating group) is 1. The van der Waals surface area contributed by atoms with Crippen molar-refractivity contribution >= 4 is 35.2 Å². The van der Waals surface area contributed by atoms with Crippen molar-refractivity contribution in [2.24, 2.45) is 0 Å². The number of rotatable bonds is 8. The number of hydrogen-bond acceptors (Lipinski definition) is 6. The van der Waals surface area contributed by atoms with Gasteiger partial charge in [-0.25, -0.2) is 0 Å². The quantitative estimate of drug-likeness (QED) is 0.607. The fourth-order valence-corrected chi connectivity index (χ4v) is 4.22. The Morgan fingerprint density at radius 1 is 1.19 bits per heavy atom. The Bertz CT molecular complexity index is 990. The molecule has 0 bridgehead atoms. The minimum Gasteiger partial charge on any atom is -0.459 e. The number of carbonyl (C=O) groups excluding carboxylic acids is 4. The van der Waals surface area contributed by atoms with Crippen LogP contribution in [0.2, 0.25) is 5.02 Å². The number of furan rings is 1. The van der Waals surface area contributed by atoms with Gasteiger partial charge in [0, 0.05) is 30.6 Å². The van der Waals surface area contributed by atoms with Crippen molar-refractivity contribution in [1.29, 1.82) is 0 Å². The molecule has 9 heteroatoms. The summed E-state index contributed by atoms with van der Waals surface area (Å²) >= 11 is 6.39. The molecule has 1 saturated carbocycles. The van der Waals surface area contributed by atoms with Gasteiger partial charge in [0.2, 0.25) is 0 Å². The first-order valence-electron chi connectivity index (χ1n) is 10.4. The van der Waals surface area contributed by atoms with Crippen molar-refractivity contribution < 1.29 is 28.3 Å². The van der Waals surface area contributed by atoms with E-state index >= 15 is 0 Å². The number of Topliss-reactive ketones (excluding diaryl/α,β-unsaturated/α-hetero) is 1. The van der Waals surface area contributed by atoms with Crippen molar-refractivity contribution in [2.45, 2.75) is 37.6 Å². The van der Waals surface area contributed by atoms with Crippen LogP contribution in [0.3, 0.4) is 0 Å². The van der Waals surface area contributed by atoms with E-state index in [1.807, 2.05) is 0 Å². The molecule has 170 valence electrons. The normalized spacial score (nSPS) is 18.1. The number of nitrogens with zero attached hydrogens (tertiary/aromatic N) is 1. The lowest BCUT2D eigenvalue weighted by atomic mass is 9.74. The Morgan fingerprint density at radius 3 is 2.66 bits per heavy atom. The second kappa shape index (κ2) is 10.5. The molecular formula is C23H25ClN2O6. The van der Waals surface area contributed by atoms with Crippen LogP contribution in [0.15, 0.2) is 47.1 Å². The van der Waals surface area contributed by atoms with Crippen LogP contribution < -0.4 is 5.32 Å². The van der Waals surface area contributed by atoms with Gasteiger partial charge in [0.15, 0.2) is 18.2 Å². The molecule has 1 heterocycles. The third-order valence-corrected chi connectivity index (χ3v) is 5.97. The number of halogens is 1. The van der Waals surface area contributed by atoms with E-state index in [-0.39, 0.29) is 24.5 Å². The number of ether oxygens (including phenoxy) is 1. The van der Waals surface area contributed by atoms with Gasteiger partial charge in [-0.1, -0.05) is 29.8 Å². The highest BCUT2D eigenvalue weighted by Crippen LogP contribution is 2.42. The monoisotopic (exact) mass is 460 g/mol. The van der Waals surface area contributed by atoms with Crippen LogP contribution in [0.25, 0.3) is 0 Å². The lowest BCUT2D eigenvalue weighted by Gasteiger charge is -2.43. The number of esters is 1. The van der Waals surface area contributed by atoms with Crippen LogP contribution in [0.4, 0.5) is 0 Å². The molecule has 0 spiro atoms. The topological polar surface area (TPSA) is 106 Å². The SMILES string of the molecule is CN(C(=O)COC(=O)CCNC(=O)c1ccco1)C1(c2ccccc2Cl)CCCCC1=O. The van der Waals surface area contributed by atoms with Gasteiger partial charge in [0.05, 0.1) is 12.7 Å². The first-order chi connectivity index (χ1) is 15.4. The van der Waals surface area contributed by atoms with Crippen molar-refractivity contribution in [3.8, 4) is 0 Å². The number of nitrogens with one attached hydrogen (secondary N) is 1. The largest absolute Gasteiger partial charge is 0.459 e. The zero-order valence-corrected chi connectivity index (χ0v) is 18.5. The molecule has 8 nitrogen and oxygen atoms in total. The molecule has 2 aromatic rings. The van der Waals surface area contributed by atoms with E-state index in [9.17, 15) is 19.2 Å². The maximum atomic E-state index is 13.0. The molecule has 1 aromatic carbocycles. The maximum Gasteiger partial charge on any atom is 0.308 e. The highest BCUT2D eigenvalue weighted by atomic mass is 35.5. The number of carbonyl (C=O) groups is 4. The first-order valence-corrected chi connectivity index (χ1v) is 10.8. The molecule has 1 aromatic heterocycles. The van der Waals surface area contributed by atoms with Gasteiger partial charge in [-0.05, 0) is 37.5 Å². The minimum atomic E-state index is -1.18. The third kappa shape index (κ3) is 5.02. The smallest absolute Gasteiger partial charge is 0.308 e. The fourth-order valence-electron chi connectivity index (χ4n) is 3.93. The maximum absolute atomic E-state index is 13.0. The molecule has 0 radical (unpaired) electrons. The molecular weight excluding hydrogens is 436 g/mol. The summed E-state index contributed by atoms with van der Waals surface area (Å²) < 4.78 is 10.0. The minimum absolute atomic E-state index is 0.0322. The van der Waals surface area contributed by atoms with Crippen LogP contribution in [-0.2, 0) is 24.7 Å². The summed E-state index contributed by atoms with van der Waals surface area (Å²) in [5.74, 6) is -1.55. The number of amides is 2. The summed E-state index contributed by atoms with van der Waals surface area (Å²) in [5, 5.41) is 2.94. The molecule has 1 aliphatic rings. The molecule has 1 N–H and O–H groups in total. The van der Waals surface area contributed by atoms with Gasteiger partial charge < -0.3 is 19.4 Å². The van der Waals surface area contributed by atoms with Crippen LogP contribution in [-0.4, -0.2) is 48.7 Å².